The van der Waals surface area contributed by atoms with Crippen LogP contribution in [0.25, 0.3) is 0 Å². The minimum atomic E-state index is 0. The van der Waals surface area contributed by atoms with Gasteiger partial charge in [-0.25, -0.2) is 0 Å². The van der Waals surface area contributed by atoms with Crippen LogP contribution in [0.3, 0.4) is 0 Å². The normalized spacial score (nSPS) is 16.9. The van der Waals surface area contributed by atoms with Crippen LogP contribution in [-0.4, -0.2) is 58.6 Å². The summed E-state index contributed by atoms with van der Waals surface area (Å²) in [6.45, 7) is 8.79. The maximum Gasteiger partial charge on any atom is 0.191 e. The van der Waals surface area contributed by atoms with Crippen molar-refractivity contribution in [3.63, 3.8) is 0 Å². The molecule has 0 radical (unpaired) electrons. The Kier molecular flexibility index (Phi) is 12.4. The van der Waals surface area contributed by atoms with Gasteiger partial charge in [-0.3, -0.25) is 4.99 Å². The van der Waals surface area contributed by atoms with Crippen molar-refractivity contribution in [1.29, 1.82) is 0 Å². The molecule has 1 aliphatic rings. The molecule has 1 aliphatic heterocycles. The summed E-state index contributed by atoms with van der Waals surface area (Å²) < 4.78 is 16.8. The topological polar surface area (TPSA) is 64.1 Å². The smallest absolute Gasteiger partial charge is 0.191 e. The van der Waals surface area contributed by atoms with Gasteiger partial charge >= 0.3 is 0 Å². The summed E-state index contributed by atoms with van der Waals surface area (Å²) in [6.07, 6.45) is 2.23. The Labute approximate surface area is 180 Å². The van der Waals surface area contributed by atoms with Gasteiger partial charge in [-0.15, -0.1) is 24.0 Å². The Morgan fingerprint density at radius 3 is 2.56 bits per heavy atom. The average molecular weight is 491 g/mol. The lowest BCUT2D eigenvalue weighted by molar-refractivity contribution is 0.0420. The first-order valence-corrected chi connectivity index (χ1v) is 9.55. The number of ether oxygens (including phenoxy) is 3. The first-order valence-electron chi connectivity index (χ1n) is 9.55. The highest BCUT2D eigenvalue weighted by Crippen LogP contribution is 2.18. The molecule has 0 saturated carbocycles. The van der Waals surface area contributed by atoms with Gasteiger partial charge in [0.05, 0.1) is 19.3 Å². The van der Waals surface area contributed by atoms with E-state index in [2.05, 4.69) is 41.6 Å². The van der Waals surface area contributed by atoms with Gasteiger partial charge in [-0.05, 0) is 36.5 Å². The molecule has 0 spiro atoms. The number of nitrogens with one attached hydrogen (secondary N) is 2. The van der Waals surface area contributed by atoms with E-state index in [1.807, 2.05) is 12.1 Å². The molecule has 2 N–H and O–H groups in total. The maximum atomic E-state index is 5.76. The van der Waals surface area contributed by atoms with Crippen LogP contribution in [0.5, 0.6) is 5.75 Å². The zero-order chi connectivity index (χ0) is 18.6. The molecular weight excluding hydrogens is 457 g/mol. The molecule has 1 aromatic rings. The van der Waals surface area contributed by atoms with Crippen LogP contribution in [0.4, 0.5) is 0 Å². The fraction of sp³-hybridized carbons (Fsp3) is 0.650. The van der Waals surface area contributed by atoms with E-state index in [9.17, 15) is 0 Å². The van der Waals surface area contributed by atoms with Crippen molar-refractivity contribution < 1.29 is 14.2 Å². The zero-order valence-corrected chi connectivity index (χ0v) is 19.0. The lowest BCUT2D eigenvalue weighted by atomic mass is 10.0. The number of benzene rings is 1. The predicted molar refractivity (Wildman–Crippen MR) is 121 cm³/mol. The summed E-state index contributed by atoms with van der Waals surface area (Å²) >= 11 is 0. The SMILES string of the molecule is CN=C(NCCCOC1CCOC1)NCCOc1ccc(C(C)C)cc1.I. The van der Waals surface area contributed by atoms with Gasteiger partial charge in [0.1, 0.15) is 12.4 Å². The summed E-state index contributed by atoms with van der Waals surface area (Å²) in [7, 11) is 1.77. The van der Waals surface area contributed by atoms with Crippen molar-refractivity contribution in [1.82, 2.24) is 10.6 Å². The largest absolute Gasteiger partial charge is 0.492 e. The summed E-state index contributed by atoms with van der Waals surface area (Å²) in [5.41, 5.74) is 1.32. The molecule has 1 heterocycles. The van der Waals surface area contributed by atoms with E-state index < -0.39 is 0 Å². The number of aliphatic imine (C=N–C) groups is 1. The number of halogens is 1. The monoisotopic (exact) mass is 491 g/mol. The molecular formula is C20H34IN3O3. The Morgan fingerprint density at radius 2 is 1.93 bits per heavy atom. The van der Waals surface area contributed by atoms with Crippen LogP contribution in [0.15, 0.2) is 29.3 Å². The van der Waals surface area contributed by atoms with Gasteiger partial charge in [-0.1, -0.05) is 26.0 Å². The van der Waals surface area contributed by atoms with Crippen molar-refractivity contribution >= 4 is 29.9 Å². The predicted octanol–water partition coefficient (Wildman–Crippen LogP) is 3.17. The van der Waals surface area contributed by atoms with E-state index in [0.717, 1.165) is 50.9 Å². The van der Waals surface area contributed by atoms with Crippen molar-refractivity contribution in [3.8, 4) is 5.75 Å². The van der Waals surface area contributed by atoms with Gasteiger partial charge in [0.25, 0.3) is 0 Å². The third-order valence-corrected chi connectivity index (χ3v) is 4.29. The minimum Gasteiger partial charge on any atom is -0.492 e. The lowest BCUT2D eigenvalue weighted by Gasteiger charge is -2.14. The number of nitrogens with zero attached hydrogens (tertiary/aromatic N) is 1. The molecule has 7 heteroatoms. The molecule has 0 bridgehead atoms. The van der Waals surface area contributed by atoms with Gasteiger partial charge < -0.3 is 24.8 Å². The average Bonchev–Trinajstić information content (AvgIpc) is 3.17. The van der Waals surface area contributed by atoms with Gasteiger partial charge in [-0.2, -0.15) is 0 Å². The fourth-order valence-electron chi connectivity index (χ4n) is 2.68. The summed E-state index contributed by atoms with van der Waals surface area (Å²) in [5, 5.41) is 6.54. The summed E-state index contributed by atoms with van der Waals surface area (Å²) in [4.78, 5) is 4.22. The molecule has 1 saturated heterocycles. The van der Waals surface area contributed by atoms with Crippen molar-refractivity contribution in [2.75, 3.05) is 46.6 Å². The van der Waals surface area contributed by atoms with E-state index in [1.165, 1.54) is 5.56 Å². The van der Waals surface area contributed by atoms with Crippen molar-refractivity contribution in [3.05, 3.63) is 29.8 Å². The van der Waals surface area contributed by atoms with Crippen LogP contribution in [0, 0.1) is 0 Å². The molecule has 0 aliphatic carbocycles. The molecule has 0 aromatic heterocycles. The van der Waals surface area contributed by atoms with Crippen LogP contribution in [0.1, 0.15) is 38.2 Å². The lowest BCUT2D eigenvalue weighted by Crippen LogP contribution is -2.40. The van der Waals surface area contributed by atoms with Crippen LogP contribution < -0.4 is 15.4 Å². The van der Waals surface area contributed by atoms with Crippen molar-refractivity contribution in [2.24, 2.45) is 4.99 Å². The van der Waals surface area contributed by atoms with Crippen molar-refractivity contribution in [2.45, 2.75) is 38.7 Å². The minimum absolute atomic E-state index is 0. The number of rotatable bonds is 10. The zero-order valence-electron chi connectivity index (χ0n) is 16.7. The highest BCUT2D eigenvalue weighted by atomic mass is 127. The Morgan fingerprint density at radius 1 is 1.19 bits per heavy atom. The van der Waals surface area contributed by atoms with Gasteiger partial charge in [0.2, 0.25) is 0 Å². The Hall–Kier alpha value is -1.06. The highest BCUT2D eigenvalue weighted by Gasteiger charge is 2.15. The third-order valence-electron chi connectivity index (χ3n) is 4.29. The van der Waals surface area contributed by atoms with Crippen LogP contribution >= 0.6 is 24.0 Å². The molecule has 1 unspecified atom stereocenters. The second-order valence-electron chi connectivity index (χ2n) is 6.71. The standard InChI is InChI=1S/C20H33N3O3.HI/c1-16(2)17-5-7-18(8-6-17)26-14-11-23-20(21-3)22-10-4-12-25-19-9-13-24-15-19;/h5-8,16,19H,4,9-15H2,1-3H3,(H2,21,22,23);1H. The van der Waals surface area contributed by atoms with Gasteiger partial charge in [0, 0.05) is 26.8 Å². The van der Waals surface area contributed by atoms with E-state index in [4.69, 9.17) is 14.2 Å². The van der Waals surface area contributed by atoms with E-state index in [0.29, 0.717) is 19.1 Å². The second kappa shape index (κ2) is 14.0. The van der Waals surface area contributed by atoms with Gasteiger partial charge in [0.15, 0.2) is 5.96 Å². The molecule has 1 aromatic carbocycles. The number of hydrogen-bond acceptors (Lipinski definition) is 4. The summed E-state index contributed by atoms with van der Waals surface area (Å²) in [5.74, 6) is 2.22. The molecule has 6 nitrogen and oxygen atoms in total. The number of guanidine groups is 1. The third kappa shape index (κ3) is 9.62. The fourth-order valence-corrected chi connectivity index (χ4v) is 2.68. The van der Waals surface area contributed by atoms with E-state index >= 15 is 0 Å². The molecule has 154 valence electrons. The molecule has 1 fully saturated rings. The first kappa shape index (κ1) is 24.0. The highest BCUT2D eigenvalue weighted by molar-refractivity contribution is 14.0. The maximum absolute atomic E-state index is 5.76. The number of hydrogen-bond donors (Lipinski definition) is 2. The molecule has 1 atom stereocenters. The Balaban J connectivity index is 0.00000364. The molecule has 0 amide bonds. The summed E-state index contributed by atoms with van der Waals surface area (Å²) in [6, 6.07) is 8.29. The van der Waals surface area contributed by atoms with Crippen LogP contribution in [0.2, 0.25) is 0 Å². The molecule has 27 heavy (non-hydrogen) atoms. The first-order chi connectivity index (χ1) is 12.7. The van der Waals surface area contributed by atoms with E-state index in [1.54, 1.807) is 7.05 Å². The quantitative estimate of drug-likeness (QED) is 0.228. The van der Waals surface area contributed by atoms with E-state index in [-0.39, 0.29) is 30.1 Å². The second-order valence-corrected chi connectivity index (χ2v) is 6.71. The van der Waals surface area contributed by atoms with Crippen LogP contribution in [-0.2, 0) is 9.47 Å². The molecule has 2 rings (SSSR count). The Bertz CT molecular complexity index is 532.